The van der Waals surface area contributed by atoms with Crippen molar-refractivity contribution >= 4 is 34.4 Å². The summed E-state index contributed by atoms with van der Waals surface area (Å²) in [6, 6.07) is 21.3. The number of carbonyl (C=O) groups is 1. The van der Waals surface area contributed by atoms with Crippen molar-refractivity contribution in [2.75, 3.05) is 0 Å². The Morgan fingerprint density at radius 3 is 2.48 bits per heavy atom. The predicted octanol–water partition coefficient (Wildman–Crippen LogP) is 4.51. The fourth-order valence-corrected chi connectivity index (χ4v) is 3.15. The van der Waals surface area contributed by atoms with Crippen molar-refractivity contribution in [1.29, 1.82) is 0 Å². The van der Waals surface area contributed by atoms with Crippen LogP contribution in [0.5, 0.6) is 0 Å². The minimum absolute atomic E-state index is 0.227. The van der Waals surface area contributed by atoms with Gasteiger partial charge < -0.3 is 0 Å². The Hall–Kier alpha value is -2.85. The maximum atomic E-state index is 12.4. The van der Waals surface area contributed by atoms with E-state index in [0.717, 1.165) is 22.5 Å². The van der Waals surface area contributed by atoms with Gasteiger partial charge in [-0.05, 0) is 17.5 Å². The summed E-state index contributed by atoms with van der Waals surface area (Å²) in [5.74, 6) is -0.227. The van der Waals surface area contributed by atoms with Gasteiger partial charge in [-0.15, -0.1) is 11.3 Å². The number of para-hydroxylation sites is 1. The largest absolute Gasteiger partial charge is 0.287 e. The lowest BCUT2D eigenvalue weighted by Crippen LogP contribution is -2.14. The second kappa shape index (κ2) is 5.74. The van der Waals surface area contributed by atoms with Crippen molar-refractivity contribution in [3.63, 3.8) is 0 Å². The highest BCUT2D eigenvalue weighted by Gasteiger charge is 2.24. The summed E-state index contributed by atoms with van der Waals surface area (Å²) < 4.78 is 0. The van der Waals surface area contributed by atoms with Crippen LogP contribution in [0.4, 0.5) is 5.69 Å². The number of hydrogen-bond acceptors (Lipinski definition) is 3. The zero-order valence-corrected chi connectivity index (χ0v) is 13.0. The first-order valence-corrected chi connectivity index (χ1v) is 8.11. The molecule has 23 heavy (non-hydrogen) atoms. The van der Waals surface area contributed by atoms with Gasteiger partial charge in [0, 0.05) is 11.1 Å². The topological polar surface area (TPSA) is 41.8 Å². The number of rotatable bonds is 2. The first-order chi connectivity index (χ1) is 11.3. The Morgan fingerprint density at radius 2 is 1.70 bits per heavy atom. The van der Waals surface area contributed by atoms with E-state index in [1.165, 1.54) is 11.3 Å². The number of amides is 1. The summed E-state index contributed by atoms with van der Waals surface area (Å²) in [5, 5.41) is 1.88. The molecule has 1 amide bonds. The molecule has 1 aliphatic heterocycles. The summed E-state index contributed by atoms with van der Waals surface area (Å²) >= 11 is 1.40. The van der Waals surface area contributed by atoms with Crippen molar-refractivity contribution in [2.24, 2.45) is 9.98 Å². The second-order valence-corrected chi connectivity index (χ2v) is 6.03. The normalized spacial score (nSPS) is 14.6. The van der Waals surface area contributed by atoms with E-state index in [-0.39, 0.29) is 5.91 Å². The van der Waals surface area contributed by atoms with Gasteiger partial charge >= 0.3 is 0 Å². The highest BCUT2D eigenvalue weighted by molar-refractivity contribution is 7.12. The third-order valence-electron chi connectivity index (χ3n) is 3.61. The molecule has 0 saturated carbocycles. The summed E-state index contributed by atoms with van der Waals surface area (Å²) in [5.41, 5.74) is 4.10. The van der Waals surface area contributed by atoms with Crippen LogP contribution in [-0.4, -0.2) is 17.3 Å². The molecule has 0 saturated heterocycles. The van der Waals surface area contributed by atoms with E-state index >= 15 is 0 Å². The molecule has 110 valence electrons. The molecule has 4 heteroatoms. The fourth-order valence-electron chi connectivity index (χ4n) is 2.54. The summed E-state index contributed by atoms with van der Waals surface area (Å²) in [6.45, 7) is 0. The quantitative estimate of drug-likeness (QED) is 0.685. The van der Waals surface area contributed by atoms with E-state index in [4.69, 9.17) is 0 Å². The average Bonchev–Trinajstić information content (AvgIpc) is 3.24. The smallest absolute Gasteiger partial charge is 0.266 e. The van der Waals surface area contributed by atoms with Crippen LogP contribution in [-0.2, 0) is 0 Å². The van der Waals surface area contributed by atoms with E-state index in [0.29, 0.717) is 10.6 Å². The van der Waals surface area contributed by atoms with Crippen LogP contribution in [0.3, 0.4) is 0 Å². The number of carbonyl (C=O) groups excluding carboxylic acids is 1. The number of aliphatic imine (C=N–C) groups is 2. The van der Waals surface area contributed by atoms with Gasteiger partial charge in [-0.1, -0.05) is 54.6 Å². The fraction of sp³-hybridized carbons (Fsp3) is 0. The molecule has 0 fully saturated rings. The van der Waals surface area contributed by atoms with Crippen LogP contribution in [0.1, 0.15) is 20.8 Å². The maximum Gasteiger partial charge on any atom is 0.287 e. The number of hydrogen-bond donors (Lipinski definition) is 0. The Labute approximate surface area is 137 Å². The zero-order valence-electron chi connectivity index (χ0n) is 12.1. The third kappa shape index (κ3) is 2.53. The SMILES string of the molecule is O=C(N=C1C(c2ccccc2)=Nc2ccccc21)c1cccs1. The number of nitrogens with zero attached hydrogens (tertiary/aromatic N) is 2. The van der Waals surface area contributed by atoms with E-state index in [1.54, 1.807) is 6.07 Å². The molecule has 4 rings (SSSR count). The minimum Gasteiger partial charge on any atom is -0.266 e. The lowest BCUT2D eigenvalue weighted by atomic mass is 10.0. The molecule has 0 unspecified atom stereocenters. The molecule has 3 aromatic rings. The van der Waals surface area contributed by atoms with Gasteiger partial charge in [0.05, 0.1) is 16.3 Å². The molecule has 0 spiro atoms. The molecular formula is C19H12N2OS. The highest BCUT2D eigenvalue weighted by Crippen LogP contribution is 2.29. The molecule has 2 aromatic carbocycles. The van der Waals surface area contributed by atoms with Gasteiger partial charge in [-0.25, -0.2) is 9.98 Å². The average molecular weight is 316 g/mol. The standard InChI is InChI=1S/C19H12N2OS/c22-19(16-11-6-12-23-16)21-18-14-9-4-5-10-15(14)20-17(18)13-7-2-1-3-8-13/h1-12H. The molecule has 0 aliphatic carbocycles. The molecule has 0 radical (unpaired) electrons. The van der Waals surface area contributed by atoms with Crippen LogP contribution in [0.15, 0.2) is 82.1 Å². The molecule has 0 bridgehead atoms. The van der Waals surface area contributed by atoms with Crippen LogP contribution in [0.25, 0.3) is 0 Å². The van der Waals surface area contributed by atoms with Gasteiger partial charge in [-0.2, -0.15) is 0 Å². The van der Waals surface area contributed by atoms with Crippen molar-refractivity contribution in [3.05, 3.63) is 88.1 Å². The van der Waals surface area contributed by atoms with Gasteiger partial charge in [0.15, 0.2) is 0 Å². The highest BCUT2D eigenvalue weighted by atomic mass is 32.1. The molecular weight excluding hydrogens is 304 g/mol. The number of benzene rings is 2. The Kier molecular flexibility index (Phi) is 3.44. The van der Waals surface area contributed by atoms with Crippen molar-refractivity contribution in [2.45, 2.75) is 0 Å². The Balaban J connectivity index is 1.84. The van der Waals surface area contributed by atoms with Crippen LogP contribution in [0, 0.1) is 0 Å². The lowest BCUT2D eigenvalue weighted by molar-refractivity contribution is 0.101. The van der Waals surface area contributed by atoms with Crippen LogP contribution >= 0.6 is 11.3 Å². The first-order valence-electron chi connectivity index (χ1n) is 7.23. The Morgan fingerprint density at radius 1 is 0.913 bits per heavy atom. The van der Waals surface area contributed by atoms with Gasteiger partial charge in [0.25, 0.3) is 5.91 Å². The zero-order chi connectivity index (χ0) is 15.6. The minimum atomic E-state index is -0.227. The first kappa shape index (κ1) is 13.8. The van der Waals surface area contributed by atoms with Gasteiger partial charge in [-0.3, -0.25) is 4.79 Å². The number of fused-ring (bicyclic) bond motifs is 1. The van der Waals surface area contributed by atoms with Crippen molar-refractivity contribution in [3.8, 4) is 0 Å². The summed E-state index contributed by atoms with van der Waals surface area (Å²) in [7, 11) is 0. The van der Waals surface area contributed by atoms with Crippen LogP contribution < -0.4 is 0 Å². The lowest BCUT2D eigenvalue weighted by Gasteiger charge is -2.03. The molecule has 0 atom stereocenters. The monoisotopic (exact) mass is 316 g/mol. The van der Waals surface area contributed by atoms with Crippen molar-refractivity contribution in [1.82, 2.24) is 0 Å². The molecule has 1 aliphatic rings. The van der Waals surface area contributed by atoms with E-state index in [2.05, 4.69) is 9.98 Å². The van der Waals surface area contributed by atoms with E-state index in [9.17, 15) is 4.79 Å². The summed E-state index contributed by atoms with van der Waals surface area (Å²) in [4.78, 5) is 22.1. The van der Waals surface area contributed by atoms with Crippen LogP contribution in [0.2, 0.25) is 0 Å². The van der Waals surface area contributed by atoms with Gasteiger partial charge in [0.1, 0.15) is 5.71 Å². The Bertz CT molecular complexity index is 925. The van der Waals surface area contributed by atoms with Crippen molar-refractivity contribution < 1.29 is 4.79 Å². The van der Waals surface area contributed by atoms with Gasteiger partial charge in [0.2, 0.25) is 0 Å². The van der Waals surface area contributed by atoms with E-state index in [1.807, 2.05) is 66.0 Å². The molecule has 0 N–H and O–H groups in total. The van der Waals surface area contributed by atoms with E-state index < -0.39 is 0 Å². The maximum absolute atomic E-state index is 12.4. The number of thiophene rings is 1. The third-order valence-corrected chi connectivity index (χ3v) is 4.47. The summed E-state index contributed by atoms with van der Waals surface area (Å²) in [6.07, 6.45) is 0. The molecule has 2 heterocycles. The molecule has 1 aromatic heterocycles. The molecule has 3 nitrogen and oxygen atoms in total. The second-order valence-electron chi connectivity index (χ2n) is 5.09. The predicted molar refractivity (Wildman–Crippen MR) is 94.3 cm³/mol.